The lowest BCUT2D eigenvalue weighted by Gasteiger charge is -2.16. The van der Waals surface area contributed by atoms with Crippen LogP contribution >= 0.6 is 11.6 Å². The van der Waals surface area contributed by atoms with Gasteiger partial charge in [0.25, 0.3) is 0 Å². The maximum Gasteiger partial charge on any atom is 0.334 e. The lowest BCUT2D eigenvalue weighted by Crippen LogP contribution is -2.32. The number of halogens is 2. The lowest BCUT2D eigenvalue weighted by molar-refractivity contribution is -0.143. The van der Waals surface area contributed by atoms with Crippen LogP contribution in [0.25, 0.3) is 0 Å². The second kappa shape index (κ2) is 6.41. The number of carbonyl (C=O) groups excluding carboxylic acids is 3. The molecule has 0 N–H and O–H groups in total. The summed E-state index contributed by atoms with van der Waals surface area (Å²) in [7, 11) is 0. The van der Waals surface area contributed by atoms with E-state index in [4.69, 9.17) is 11.6 Å². The molecule has 5 nitrogen and oxygen atoms in total. The average Bonchev–Trinajstić information content (AvgIpc) is 2.76. The minimum Gasteiger partial charge on any atom is -0.263 e. The Balaban J connectivity index is 1.81. The van der Waals surface area contributed by atoms with Crippen LogP contribution in [0.3, 0.4) is 0 Å². The number of hydrogen-bond donors (Lipinski definition) is 0. The summed E-state index contributed by atoms with van der Waals surface area (Å²) in [6.07, 6.45) is 0. The summed E-state index contributed by atoms with van der Waals surface area (Å²) in [5.74, 6) is -2.33. The molecular formula is C17H12ClFN2O3. The molecule has 0 saturated carbocycles. The van der Waals surface area contributed by atoms with Gasteiger partial charge in [0.15, 0.2) is 0 Å². The molecule has 1 saturated heterocycles. The molecule has 3 rings (SSSR count). The van der Waals surface area contributed by atoms with E-state index < -0.39 is 23.7 Å². The summed E-state index contributed by atoms with van der Waals surface area (Å²) >= 11 is 5.92. The van der Waals surface area contributed by atoms with Crippen molar-refractivity contribution in [3.05, 3.63) is 70.5 Å². The molecule has 1 fully saturated rings. The third-order valence-electron chi connectivity index (χ3n) is 3.66. The Morgan fingerprint density at radius 1 is 0.875 bits per heavy atom. The predicted octanol–water partition coefficient (Wildman–Crippen LogP) is 2.97. The molecule has 1 heterocycles. The topological polar surface area (TPSA) is 57.7 Å². The molecule has 1 aliphatic heterocycles. The highest BCUT2D eigenvalue weighted by atomic mass is 35.5. The number of imide groups is 2. The SMILES string of the molecule is O=C1C(=O)N(Cc2ccc(F)cc2Cl)C(=O)N1Cc1ccccc1. The van der Waals surface area contributed by atoms with Gasteiger partial charge in [0, 0.05) is 5.02 Å². The summed E-state index contributed by atoms with van der Waals surface area (Å²) in [6, 6.07) is 11.8. The van der Waals surface area contributed by atoms with E-state index in [0.29, 0.717) is 5.56 Å². The van der Waals surface area contributed by atoms with E-state index in [-0.39, 0.29) is 18.1 Å². The Labute approximate surface area is 142 Å². The van der Waals surface area contributed by atoms with Gasteiger partial charge >= 0.3 is 17.8 Å². The number of nitrogens with zero attached hydrogens (tertiary/aromatic N) is 2. The van der Waals surface area contributed by atoms with Gasteiger partial charge in [-0.15, -0.1) is 0 Å². The second-order valence-electron chi connectivity index (χ2n) is 5.29. The van der Waals surface area contributed by atoms with Gasteiger partial charge in [0.1, 0.15) is 5.82 Å². The van der Waals surface area contributed by atoms with E-state index in [1.807, 2.05) is 6.07 Å². The molecule has 4 amide bonds. The molecule has 2 aromatic carbocycles. The molecule has 0 aromatic heterocycles. The van der Waals surface area contributed by atoms with Crippen molar-refractivity contribution in [2.75, 3.05) is 0 Å². The zero-order chi connectivity index (χ0) is 17.3. The quantitative estimate of drug-likeness (QED) is 0.631. The summed E-state index contributed by atoms with van der Waals surface area (Å²) in [5.41, 5.74) is 1.11. The van der Waals surface area contributed by atoms with Gasteiger partial charge in [-0.05, 0) is 23.3 Å². The molecule has 0 aliphatic carbocycles. The molecule has 1 aliphatic rings. The Bertz CT molecular complexity index is 826. The van der Waals surface area contributed by atoms with Gasteiger partial charge < -0.3 is 0 Å². The zero-order valence-corrected chi connectivity index (χ0v) is 13.2. The molecule has 7 heteroatoms. The zero-order valence-electron chi connectivity index (χ0n) is 12.4. The third-order valence-corrected chi connectivity index (χ3v) is 4.01. The smallest absolute Gasteiger partial charge is 0.263 e. The minimum atomic E-state index is -0.920. The fraction of sp³-hybridized carbons (Fsp3) is 0.118. The molecule has 0 atom stereocenters. The molecule has 0 spiro atoms. The number of carbonyl (C=O) groups is 3. The van der Waals surface area contributed by atoms with Crippen LogP contribution in [0.4, 0.5) is 9.18 Å². The highest BCUT2D eigenvalue weighted by Crippen LogP contribution is 2.23. The first kappa shape index (κ1) is 16.1. The van der Waals surface area contributed by atoms with Crippen LogP contribution in [-0.4, -0.2) is 27.6 Å². The molecule has 24 heavy (non-hydrogen) atoms. The summed E-state index contributed by atoms with van der Waals surface area (Å²) in [6.45, 7) is -0.175. The first-order chi connectivity index (χ1) is 11.5. The van der Waals surface area contributed by atoms with Crippen molar-refractivity contribution in [2.45, 2.75) is 13.1 Å². The van der Waals surface area contributed by atoms with Crippen molar-refractivity contribution < 1.29 is 18.8 Å². The Kier molecular flexibility index (Phi) is 4.31. The van der Waals surface area contributed by atoms with E-state index in [1.54, 1.807) is 24.3 Å². The van der Waals surface area contributed by atoms with E-state index in [0.717, 1.165) is 21.4 Å². The first-order valence-electron chi connectivity index (χ1n) is 7.12. The predicted molar refractivity (Wildman–Crippen MR) is 84.3 cm³/mol. The number of rotatable bonds is 4. The van der Waals surface area contributed by atoms with Gasteiger partial charge in [0.2, 0.25) is 0 Å². The van der Waals surface area contributed by atoms with E-state index >= 15 is 0 Å². The van der Waals surface area contributed by atoms with Gasteiger partial charge in [-0.25, -0.2) is 9.18 Å². The Morgan fingerprint density at radius 3 is 2.12 bits per heavy atom. The third kappa shape index (κ3) is 3.00. The summed E-state index contributed by atoms with van der Waals surface area (Å²) < 4.78 is 13.1. The van der Waals surface area contributed by atoms with Crippen molar-refractivity contribution in [1.82, 2.24) is 9.80 Å². The maximum absolute atomic E-state index is 13.1. The van der Waals surface area contributed by atoms with Gasteiger partial charge in [-0.2, -0.15) is 0 Å². The lowest BCUT2D eigenvalue weighted by atomic mass is 10.2. The number of benzene rings is 2. The monoisotopic (exact) mass is 346 g/mol. The molecule has 0 bridgehead atoms. The first-order valence-corrected chi connectivity index (χ1v) is 7.50. The number of urea groups is 1. The van der Waals surface area contributed by atoms with Gasteiger partial charge in [-0.1, -0.05) is 48.0 Å². The van der Waals surface area contributed by atoms with Crippen LogP contribution in [0.15, 0.2) is 48.5 Å². The number of hydrogen-bond acceptors (Lipinski definition) is 3. The van der Waals surface area contributed by atoms with Crippen molar-refractivity contribution in [3.63, 3.8) is 0 Å². The molecular weight excluding hydrogens is 335 g/mol. The Morgan fingerprint density at radius 2 is 1.50 bits per heavy atom. The largest absolute Gasteiger partial charge is 0.334 e. The molecule has 0 radical (unpaired) electrons. The molecule has 122 valence electrons. The minimum absolute atomic E-state index is 0.0118. The molecule has 0 unspecified atom stereocenters. The highest BCUT2D eigenvalue weighted by molar-refractivity contribution is 6.44. The van der Waals surface area contributed by atoms with Crippen molar-refractivity contribution >= 4 is 29.4 Å². The maximum atomic E-state index is 13.1. The van der Waals surface area contributed by atoms with Crippen LogP contribution in [-0.2, 0) is 22.7 Å². The van der Waals surface area contributed by atoms with E-state index in [9.17, 15) is 18.8 Å². The average molecular weight is 347 g/mol. The summed E-state index contributed by atoms with van der Waals surface area (Å²) in [5, 5.41) is 0.0876. The van der Waals surface area contributed by atoms with Crippen molar-refractivity contribution in [2.24, 2.45) is 0 Å². The second-order valence-corrected chi connectivity index (χ2v) is 5.69. The molecule has 2 aromatic rings. The number of amides is 4. The standard InChI is InChI=1S/C17H12ClFN2O3/c18-14-8-13(19)7-6-12(14)10-21-16(23)15(22)20(17(21)24)9-11-4-2-1-3-5-11/h1-8H,9-10H2. The van der Waals surface area contributed by atoms with Crippen LogP contribution in [0.1, 0.15) is 11.1 Å². The van der Waals surface area contributed by atoms with E-state index in [1.165, 1.54) is 12.1 Å². The van der Waals surface area contributed by atoms with E-state index in [2.05, 4.69) is 0 Å². The van der Waals surface area contributed by atoms with Crippen LogP contribution in [0.5, 0.6) is 0 Å². The van der Waals surface area contributed by atoms with Crippen LogP contribution in [0.2, 0.25) is 5.02 Å². The summed E-state index contributed by atoms with van der Waals surface area (Å²) in [4.78, 5) is 38.3. The van der Waals surface area contributed by atoms with Crippen LogP contribution in [0, 0.1) is 5.82 Å². The van der Waals surface area contributed by atoms with Gasteiger partial charge in [-0.3, -0.25) is 19.4 Å². The normalized spacial score (nSPS) is 14.7. The highest BCUT2D eigenvalue weighted by Gasteiger charge is 2.44. The fourth-order valence-electron chi connectivity index (χ4n) is 2.42. The fourth-order valence-corrected chi connectivity index (χ4v) is 2.64. The van der Waals surface area contributed by atoms with Crippen molar-refractivity contribution in [3.8, 4) is 0 Å². The van der Waals surface area contributed by atoms with Gasteiger partial charge in [0.05, 0.1) is 13.1 Å². The Hall–Kier alpha value is -2.73. The van der Waals surface area contributed by atoms with Crippen molar-refractivity contribution in [1.29, 1.82) is 0 Å². The van der Waals surface area contributed by atoms with Crippen LogP contribution < -0.4 is 0 Å².